The molecule has 1 heterocycles. The van der Waals surface area contributed by atoms with Gasteiger partial charge in [-0.1, -0.05) is 19.3 Å². The van der Waals surface area contributed by atoms with Crippen LogP contribution in [0.2, 0.25) is 0 Å². The van der Waals surface area contributed by atoms with Crippen LogP contribution in [0, 0.1) is 5.92 Å². The monoisotopic (exact) mass is 341 g/mol. The van der Waals surface area contributed by atoms with E-state index < -0.39 is 9.84 Å². The van der Waals surface area contributed by atoms with Crippen LogP contribution < -0.4 is 0 Å². The fourth-order valence-electron chi connectivity index (χ4n) is 4.08. The second-order valence-electron chi connectivity index (χ2n) is 7.33. The van der Waals surface area contributed by atoms with Gasteiger partial charge in [0.15, 0.2) is 9.84 Å². The molecule has 0 N–H and O–H groups in total. The van der Waals surface area contributed by atoms with Crippen molar-refractivity contribution in [3.8, 4) is 0 Å². The summed E-state index contributed by atoms with van der Waals surface area (Å²) in [5, 5.41) is -0.298. The van der Waals surface area contributed by atoms with Crippen LogP contribution in [0.25, 0.3) is 0 Å². The van der Waals surface area contributed by atoms with Crippen LogP contribution in [-0.4, -0.2) is 48.6 Å². The number of hydrogen-bond acceptors (Lipinski definition) is 4. The molecule has 6 heteroatoms. The molecule has 2 saturated carbocycles. The highest BCUT2D eigenvalue weighted by atomic mass is 32.2. The summed E-state index contributed by atoms with van der Waals surface area (Å²) in [6.45, 7) is 0.605. The molecule has 3 aliphatic rings. The standard InChI is InChI=1S/C17H27NO4S/c19-16-8-4-3-6-14(16)15-7-2-1-5-11-18(15)17(20)12-23(21,22)13-9-10-13/h13-15H,1-12H2. The van der Waals surface area contributed by atoms with Gasteiger partial charge in [0.2, 0.25) is 5.91 Å². The molecule has 130 valence electrons. The smallest absolute Gasteiger partial charge is 0.238 e. The normalized spacial score (nSPS) is 30.1. The van der Waals surface area contributed by atoms with Crippen molar-refractivity contribution in [1.82, 2.24) is 4.90 Å². The van der Waals surface area contributed by atoms with Gasteiger partial charge < -0.3 is 4.90 Å². The Balaban J connectivity index is 1.75. The molecule has 2 atom stereocenters. The summed E-state index contributed by atoms with van der Waals surface area (Å²) >= 11 is 0. The fraction of sp³-hybridized carbons (Fsp3) is 0.882. The SMILES string of the molecule is O=C1CCCCC1C1CCCCCN1C(=O)CS(=O)(=O)C1CC1. The Morgan fingerprint density at radius 1 is 1.00 bits per heavy atom. The molecular formula is C17H27NO4S. The van der Waals surface area contributed by atoms with Crippen molar-refractivity contribution in [2.45, 2.75) is 75.5 Å². The summed E-state index contributed by atoms with van der Waals surface area (Å²) in [6, 6.07) is -0.0767. The first-order valence-electron chi connectivity index (χ1n) is 9.03. The molecule has 0 radical (unpaired) electrons. The number of ketones is 1. The van der Waals surface area contributed by atoms with Crippen LogP contribution in [0.4, 0.5) is 0 Å². The molecule has 2 unspecified atom stereocenters. The molecular weight excluding hydrogens is 314 g/mol. The van der Waals surface area contributed by atoms with Crippen LogP contribution in [0.5, 0.6) is 0 Å². The molecule has 0 aromatic heterocycles. The number of likely N-dealkylation sites (tertiary alicyclic amines) is 1. The zero-order valence-electron chi connectivity index (χ0n) is 13.7. The highest BCUT2D eigenvalue weighted by molar-refractivity contribution is 7.93. The lowest BCUT2D eigenvalue weighted by Gasteiger charge is -2.37. The Morgan fingerprint density at radius 2 is 1.74 bits per heavy atom. The van der Waals surface area contributed by atoms with Gasteiger partial charge in [0.1, 0.15) is 11.5 Å². The summed E-state index contributed by atoms with van der Waals surface area (Å²) in [5.41, 5.74) is 0. The van der Waals surface area contributed by atoms with E-state index in [9.17, 15) is 18.0 Å². The van der Waals surface area contributed by atoms with Gasteiger partial charge in [-0.25, -0.2) is 8.42 Å². The Hall–Kier alpha value is -0.910. The summed E-state index contributed by atoms with van der Waals surface area (Å²) in [5.74, 6) is -0.447. The summed E-state index contributed by atoms with van der Waals surface area (Å²) in [6.07, 6.45) is 8.66. The third kappa shape index (κ3) is 3.95. The number of Topliss-reactive ketones (excluding diaryl/α,β-unsaturated/α-hetero) is 1. The van der Waals surface area contributed by atoms with Crippen molar-refractivity contribution >= 4 is 21.5 Å². The highest BCUT2D eigenvalue weighted by Crippen LogP contribution is 2.33. The maximum absolute atomic E-state index is 12.7. The van der Waals surface area contributed by atoms with Gasteiger partial charge in [-0.3, -0.25) is 9.59 Å². The topological polar surface area (TPSA) is 71.5 Å². The molecule has 1 amide bonds. The van der Waals surface area contributed by atoms with Gasteiger partial charge >= 0.3 is 0 Å². The second-order valence-corrected chi connectivity index (χ2v) is 9.61. The number of sulfone groups is 1. The van der Waals surface area contributed by atoms with Crippen molar-refractivity contribution in [3.63, 3.8) is 0 Å². The first kappa shape index (κ1) is 16.9. The quantitative estimate of drug-likeness (QED) is 0.785. The van der Waals surface area contributed by atoms with Crippen LogP contribution in [-0.2, 0) is 19.4 Å². The van der Waals surface area contributed by atoms with E-state index in [0.717, 1.165) is 44.9 Å². The Morgan fingerprint density at radius 3 is 2.43 bits per heavy atom. The molecule has 0 aromatic carbocycles. The molecule has 0 bridgehead atoms. The number of carbonyl (C=O) groups excluding carboxylic acids is 2. The number of nitrogens with zero attached hydrogens (tertiary/aromatic N) is 1. The van der Waals surface area contributed by atoms with Crippen molar-refractivity contribution < 1.29 is 18.0 Å². The third-order valence-electron chi connectivity index (χ3n) is 5.54. The van der Waals surface area contributed by atoms with E-state index in [1.807, 2.05) is 0 Å². The molecule has 0 spiro atoms. The van der Waals surface area contributed by atoms with Crippen molar-refractivity contribution in [3.05, 3.63) is 0 Å². The zero-order valence-corrected chi connectivity index (χ0v) is 14.5. The van der Waals surface area contributed by atoms with Gasteiger partial charge in [-0.05, 0) is 38.5 Å². The molecule has 23 heavy (non-hydrogen) atoms. The van der Waals surface area contributed by atoms with Gasteiger partial charge in [-0.15, -0.1) is 0 Å². The van der Waals surface area contributed by atoms with Crippen molar-refractivity contribution in [2.24, 2.45) is 5.92 Å². The minimum absolute atomic E-state index is 0.0746. The number of rotatable bonds is 4. The minimum Gasteiger partial charge on any atom is -0.338 e. The van der Waals surface area contributed by atoms with E-state index in [1.54, 1.807) is 4.90 Å². The van der Waals surface area contributed by atoms with Gasteiger partial charge in [-0.2, -0.15) is 0 Å². The molecule has 1 aliphatic heterocycles. The highest BCUT2D eigenvalue weighted by Gasteiger charge is 2.41. The van der Waals surface area contributed by atoms with E-state index in [2.05, 4.69) is 0 Å². The lowest BCUT2D eigenvalue weighted by atomic mass is 9.80. The molecule has 2 aliphatic carbocycles. The van der Waals surface area contributed by atoms with Crippen molar-refractivity contribution in [2.75, 3.05) is 12.3 Å². The van der Waals surface area contributed by atoms with E-state index >= 15 is 0 Å². The Bertz CT molecular complexity index is 567. The summed E-state index contributed by atoms with van der Waals surface area (Å²) in [4.78, 5) is 26.8. The summed E-state index contributed by atoms with van der Waals surface area (Å²) < 4.78 is 24.3. The van der Waals surface area contributed by atoms with E-state index in [4.69, 9.17) is 0 Å². The first-order chi connectivity index (χ1) is 11.0. The van der Waals surface area contributed by atoms with Crippen molar-refractivity contribution in [1.29, 1.82) is 0 Å². The van der Waals surface area contributed by atoms with Gasteiger partial charge in [0.25, 0.3) is 0 Å². The number of hydrogen-bond donors (Lipinski definition) is 0. The maximum Gasteiger partial charge on any atom is 0.238 e. The molecule has 5 nitrogen and oxygen atoms in total. The molecule has 3 fully saturated rings. The summed E-state index contributed by atoms with van der Waals surface area (Å²) in [7, 11) is -3.29. The van der Waals surface area contributed by atoms with Crippen LogP contribution in [0.1, 0.15) is 64.2 Å². The minimum atomic E-state index is -3.29. The second kappa shape index (κ2) is 6.91. The van der Waals surface area contributed by atoms with Gasteiger partial charge in [0, 0.05) is 24.9 Å². The van der Waals surface area contributed by atoms with Gasteiger partial charge in [0.05, 0.1) is 5.25 Å². The Kier molecular flexibility index (Phi) is 5.09. The number of amides is 1. The largest absolute Gasteiger partial charge is 0.338 e. The molecule has 1 saturated heterocycles. The van der Waals surface area contributed by atoms with E-state index in [-0.39, 0.29) is 34.7 Å². The fourth-order valence-corrected chi connectivity index (χ4v) is 5.68. The Labute approximate surface area is 138 Å². The maximum atomic E-state index is 12.7. The lowest BCUT2D eigenvalue weighted by Crippen LogP contribution is -2.49. The van der Waals surface area contributed by atoms with Crippen LogP contribution in [0.3, 0.4) is 0 Å². The molecule has 3 rings (SSSR count). The van der Waals surface area contributed by atoms with Crippen LogP contribution >= 0.6 is 0 Å². The van der Waals surface area contributed by atoms with E-state index in [1.165, 1.54) is 0 Å². The third-order valence-corrected chi connectivity index (χ3v) is 7.68. The van der Waals surface area contributed by atoms with Crippen LogP contribution in [0.15, 0.2) is 0 Å². The average Bonchev–Trinajstić information content (AvgIpc) is 3.34. The lowest BCUT2D eigenvalue weighted by molar-refractivity contribution is -0.135. The first-order valence-corrected chi connectivity index (χ1v) is 10.7. The zero-order chi connectivity index (χ0) is 16.4. The number of carbonyl (C=O) groups is 2. The average molecular weight is 341 g/mol. The predicted molar refractivity (Wildman–Crippen MR) is 87.7 cm³/mol. The van der Waals surface area contributed by atoms with E-state index in [0.29, 0.717) is 25.8 Å². The molecule has 0 aromatic rings. The predicted octanol–water partition coefficient (Wildman–Crippen LogP) is 2.09.